The van der Waals surface area contributed by atoms with Gasteiger partial charge in [-0.3, -0.25) is 14.9 Å². The predicted molar refractivity (Wildman–Crippen MR) is 100 cm³/mol. The highest BCUT2D eigenvalue weighted by molar-refractivity contribution is 7.17. The Morgan fingerprint density at radius 2 is 1.89 bits per heavy atom. The van der Waals surface area contributed by atoms with Crippen molar-refractivity contribution >= 4 is 45.9 Å². The van der Waals surface area contributed by atoms with Crippen molar-refractivity contribution in [3.63, 3.8) is 0 Å². The average Bonchev–Trinajstić information content (AvgIpc) is 3.25. The summed E-state index contributed by atoms with van der Waals surface area (Å²) < 4.78 is 4.90. The third kappa shape index (κ3) is 5.66. The summed E-state index contributed by atoms with van der Waals surface area (Å²) in [5.41, 5.74) is 5.83. The van der Waals surface area contributed by atoms with E-state index in [1.54, 1.807) is 37.3 Å². The van der Waals surface area contributed by atoms with E-state index in [1.165, 1.54) is 12.3 Å². The topological polar surface area (TPSA) is 136 Å². The molecule has 0 radical (unpaired) electrons. The van der Waals surface area contributed by atoms with Gasteiger partial charge >= 0.3 is 5.97 Å². The normalized spacial score (nSPS) is 9.85. The molecule has 10 heteroatoms. The molecular weight excluding hydrogens is 394 g/mol. The Hall–Kier alpha value is -3.17. The molecular formula is C17H14ClN3O5S. The summed E-state index contributed by atoms with van der Waals surface area (Å²) in [4.78, 5) is 36.9. The van der Waals surface area contributed by atoms with Crippen molar-refractivity contribution in [2.75, 3.05) is 5.32 Å². The summed E-state index contributed by atoms with van der Waals surface area (Å²) in [6.45, 7) is 1.57. The van der Waals surface area contributed by atoms with E-state index >= 15 is 0 Å². The molecule has 3 aromatic rings. The molecule has 0 aliphatic heterocycles. The van der Waals surface area contributed by atoms with Gasteiger partial charge in [-0.1, -0.05) is 22.9 Å². The predicted octanol–water partition coefficient (Wildman–Crippen LogP) is 3.43. The van der Waals surface area contributed by atoms with E-state index in [9.17, 15) is 14.4 Å². The van der Waals surface area contributed by atoms with Gasteiger partial charge in [0.25, 0.3) is 5.91 Å². The molecule has 0 bridgehead atoms. The lowest BCUT2D eigenvalue weighted by atomic mass is 10.2. The summed E-state index contributed by atoms with van der Waals surface area (Å²) >= 11 is 6.47. The molecule has 4 N–H and O–H groups in total. The molecule has 1 aromatic carbocycles. The minimum Gasteiger partial charge on any atom is -0.477 e. The lowest BCUT2D eigenvalue weighted by molar-refractivity contribution is 0.0700. The fourth-order valence-corrected chi connectivity index (χ4v) is 2.76. The number of amides is 2. The van der Waals surface area contributed by atoms with E-state index in [-0.39, 0.29) is 15.8 Å². The van der Waals surface area contributed by atoms with Crippen molar-refractivity contribution in [3.05, 3.63) is 69.6 Å². The van der Waals surface area contributed by atoms with Crippen LogP contribution in [-0.2, 0) is 0 Å². The minimum absolute atomic E-state index is 0.111. The molecule has 140 valence electrons. The van der Waals surface area contributed by atoms with Gasteiger partial charge in [-0.05, 0) is 43.3 Å². The molecule has 0 spiro atoms. The zero-order chi connectivity index (χ0) is 20.0. The third-order valence-electron chi connectivity index (χ3n) is 3.09. The molecule has 2 amide bonds. The van der Waals surface area contributed by atoms with Gasteiger partial charge in [-0.15, -0.1) is 0 Å². The number of carboxylic acids is 1. The monoisotopic (exact) mass is 407 g/mol. The number of thiazole rings is 1. The van der Waals surface area contributed by atoms with Crippen LogP contribution in [0.4, 0.5) is 5.13 Å². The fraction of sp³-hybridized carbons (Fsp3) is 0.0588. The van der Waals surface area contributed by atoms with E-state index in [0.29, 0.717) is 16.3 Å². The SMILES string of the molecule is Cc1nc(NC(=O)c2ccco2)sc1C(=O)O.NC(=O)c1ccc(Cl)cc1. The number of nitrogens with two attached hydrogens (primary N) is 1. The van der Waals surface area contributed by atoms with E-state index in [1.807, 2.05) is 0 Å². The molecule has 0 atom stereocenters. The number of nitrogens with one attached hydrogen (secondary N) is 1. The summed E-state index contributed by atoms with van der Waals surface area (Å²) in [5.74, 6) is -1.80. The number of aromatic carboxylic acids is 1. The molecule has 0 aliphatic carbocycles. The number of primary amides is 1. The van der Waals surface area contributed by atoms with Crippen molar-refractivity contribution in [2.45, 2.75) is 6.92 Å². The van der Waals surface area contributed by atoms with Crippen LogP contribution in [0.5, 0.6) is 0 Å². The Labute approximate surface area is 162 Å². The third-order valence-corrected chi connectivity index (χ3v) is 4.40. The van der Waals surface area contributed by atoms with E-state index < -0.39 is 17.8 Å². The second-order valence-electron chi connectivity index (χ2n) is 5.04. The molecule has 2 heterocycles. The number of hydrogen-bond acceptors (Lipinski definition) is 6. The number of nitrogens with zero attached hydrogens (tertiary/aromatic N) is 1. The first-order valence-electron chi connectivity index (χ1n) is 7.39. The number of carbonyl (C=O) groups excluding carboxylic acids is 2. The Balaban J connectivity index is 0.000000223. The zero-order valence-corrected chi connectivity index (χ0v) is 15.5. The largest absolute Gasteiger partial charge is 0.477 e. The number of halogens is 1. The van der Waals surface area contributed by atoms with Crippen molar-refractivity contribution in [2.24, 2.45) is 5.73 Å². The number of benzene rings is 1. The Kier molecular flexibility index (Phi) is 6.69. The number of rotatable bonds is 4. The van der Waals surface area contributed by atoms with Crippen molar-refractivity contribution in [3.8, 4) is 0 Å². The van der Waals surface area contributed by atoms with Crippen LogP contribution in [0.2, 0.25) is 5.02 Å². The van der Waals surface area contributed by atoms with Crippen LogP contribution in [-0.4, -0.2) is 27.9 Å². The second kappa shape index (κ2) is 8.97. The standard InChI is InChI=1S/C10H8N2O4S.C7H6ClNO/c1-5-7(9(14)15)17-10(11-5)12-8(13)6-3-2-4-16-6;8-6-3-1-5(2-4-6)7(9)10/h2-4H,1H3,(H,14,15)(H,11,12,13);1-4H,(H2,9,10). The van der Waals surface area contributed by atoms with Gasteiger partial charge in [0.05, 0.1) is 12.0 Å². The zero-order valence-electron chi connectivity index (χ0n) is 13.9. The molecule has 0 aliphatic rings. The Bertz CT molecular complexity index is 952. The Morgan fingerprint density at radius 3 is 2.37 bits per heavy atom. The van der Waals surface area contributed by atoms with Gasteiger partial charge in [-0.25, -0.2) is 9.78 Å². The molecule has 8 nitrogen and oxygen atoms in total. The maximum Gasteiger partial charge on any atom is 0.347 e. The van der Waals surface area contributed by atoms with Crippen molar-refractivity contribution < 1.29 is 23.9 Å². The quantitative estimate of drug-likeness (QED) is 0.606. The van der Waals surface area contributed by atoms with Gasteiger partial charge in [0.2, 0.25) is 5.91 Å². The smallest absolute Gasteiger partial charge is 0.347 e. The number of hydrogen-bond donors (Lipinski definition) is 3. The first kappa shape index (κ1) is 20.1. The molecule has 0 fully saturated rings. The second-order valence-corrected chi connectivity index (χ2v) is 6.48. The lowest BCUT2D eigenvalue weighted by Gasteiger charge is -1.96. The van der Waals surface area contributed by atoms with E-state index in [4.69, 9.17) is 26.9 Å². The van der Waals surface area contributed by atoms with Crippen LogP contribution in [0, 0.1) is 6.92 Å². The van der Waals surface area contributed by atoms with Crippen LogP contribution < -0.4 is 11.1 Å². The van der Waals surface area contributed by atoms with E-state index in [2.05, 4.69) is 10.3 Å². The number of aryl methyl sites for hydroxylation is 1. The van der Waals surface area contributed by atoms with Crippen molar-refractivity contribution in [1.82, 2.24) is 4.98 Å². The molecule has 3 rings (SSSR count). The van der Waals surface area contributed by atoms with E-state index in [0.717, 1.165) is 11.3 Å². The number of carboxylic acid groups (broad SMARTS) is 1. The lowest BCUT2D eigenvalue weighted by Crippen LogP contribution is -2.10. The first-order chi connectivity index (χ1) is 12.8. The average molecular weight is 408 g/mol. The molecule has 0 saturated carbocycles. The van der Waals surface area contributed by atoms with Gasteiger partial charge < -0.3 is 15.3 Å². The Morgan fingerprint density at radius 1 is 1.22 bits per heavy atom. The number of anilines is 1. The summed E-state index contributed by atoms with van der Waals surface area (Å²) in [6, 6.07) is 9.53. The summed E-state index contributed by atoms with van der Waals surface area (Å²) in [5, 5.41) is 12.1. The van der Waals surface area contributed by atoms with Crippen LogP contribution >= 0.6 is 22.9 Å². The maximum atomic E-state index is 11.6. The van der Waals surface area contributed by atoms with Crippen LogP contribution in [0.1, 0.15) is 36.3 Å². The summed E-state index contributed by atoms with van der Waals surface area (Å²) in [6.07, 6.45) is 1.38. The highest BCUT2D eigenvalue weighted by Crippen LogP contribution is 2.22. The summed E-state index contributed by atoms with van der Waals surface area (Å²) in [7, 11) is 0. The van der Waals surface area contributed by atoms with Gasteiger partial charge in [-0.2, -0.15) is 0 Å². The van der Waals surface area contributed by atoms with Gasteiger partial charge in [0.15, 0.2) is 10.9 Å². The fourth-order valence-electron chi connectivity index (χ4n) is 1.83. The number of carbonyl (C=O) groups is 3. The highest BCUT2D eigenvalue weighted by atomic mass is 35.5. The maximum absolute atomic E-state index is 11.6. The first-order valence-corrected chi connectivity index (χ1v) is 8.58. The number of aromatic nitrogens is 1. The molecule has 27 heavy (non-hydrogen) atoms. The van der Waals surface area contributed by atoms with Crippen molar-refractivity contribution in [1.29, 1.82) is 0 Å². The minimum atomic E-state index is -1.06. The van der Waals surface area contributed by atoms with Gasteiger partial charge in [0, 0.05) is 10.6 Å². The highest BCUT2D eigenvalue weighted by Gasteiger charge is 2.16. The number of furan rings is 1. The molecule has 2 aromatic heterocycles. The van der Waals surface area contributed by atoms with Crippen LogP contribution in [0.3, 0.4) is 0 Å². The van der Waals surface area contributed by atoms with Gasteiger partial charge in [0.1, 0.15) is 4.88 Å². The molecule has 0 unspecified atom stereocenters. The molecule has 0 saturated heterocycles. The van der Waals surface area contributed by atoms with Crippen LogP contribution in [0.25, 0.3) is 0 Å². The van der Waals surface area contributed by atoms with Crippen LogP contribution in [0.15, 0.2) is 47.1 Å².